The third-order valence-electron chi connectivity index (χ3n) is 8.03. The lowest BCUT2D eigenvalue weighted by molar-refractivity contribution is -0.143. The monoisotopic (exact) mass is 649 g/mol. The van der Waals surface area contributed by atoms with Crippen molar-refractivity contribution in [2.24, 2.45) is 4.99 Å². The molecule has 1 atom stereocenters. The van der Waals surface area contributed by atoms with Gasteiger partial charge in [0, 0.05) is 27.7 Å². The van der Waals surface area contributed by atoms with Gasteiger partial charge in [0.25, 0.3) is 5.56 Å². The Kier molecular flexibility index (Phi) is 9.22. The van der Waals surface area contributed by atoms with Gasteiger partial charge in [0.2, 0.25) is 0 Å². The minimum absolute atomic E-state index is 0.0519. The first kappa shape index (κ1) is 31.7. The number of fused-ring (bicyclic) bond motifs is 2. The average Bonchev–Trinajstić information content (AvgIpc) is 3.53. The number of carbonyl (C=O) groups excluding carboxylic acids is 2. The van der Waals surface area contributed by atoms with Gasteiger partial charge in [-0.05, 0) is 57.5 Å². The molecule has 0 fully saturated rings. The van der Waals surface area contributed by atoms with Crippen LogP contribution in [0.15, 0.2) is 94.2 Å². The first-order chi connectivity index (χ1) is 22.9. The van der Waals surface area contributed by atoms with Gasteiger partial charge in [-0.2, -0.15) is 0 Å². The van der Waals surface area contributed by atoms with E-state index in [2.05, 4.69) is 0 Å². The molecule has 240 valence electrons. The number of benzene rings is 3. The second-order valence-corrected chi connectivity index (χ2v) is 11.9. The second kappa shape index (κ2) is 13.6. The number of ether oxygens (including phenoxy) is 3. The molecule has 0 saturated heterocycles. The van der Waals surface area contributed by atoms with Gasteiger partial charge in [-0.25, -0.2) is 9.79 Å². The molecule has 6 rings (SSSR count). The summed E-state index contributed by atoms with van der Waals surface area (Å²) in [5, 5.41) is 0.903. The summed E-state index contributed by atoms with van der Waals surface area (Å²) < 4.78 is 20.4. The molecule has 0 N–H and O–H groups in total. The number of carbonyl (C=O) groups is 2. The molecule has 1 aliphatic rings. The predicted octanol–water partition coefficient (Wildman–Crippen LogP) is 5.16. The van der Waals surface area contributed by atoms with Crippen LogP contribution in [0.5, 0.6) is 5.75 Å². The van der Waals surface area contributed by atoms with Crippen molar-refractivity contribution in [3.8, 4) is 5.75 Å². The molecule has 5 aromatic rings. The van der Waals surface area contributed by atoms with E-state index in [9.17, 15) is 14.4 Å². The Morgan fingerprint density at radius 1 is 0.894 bits per heavy atom. The zero-order valence-electron chi connectivity index (χ0n) is 26.7. The van der Waals surface area contributed by atoms with Crippen LogP contribution in [0.25, 0.3) is 22.7 Å². The normalized spacial score (nSPS) is 14.6. The van der Waals surface area contributed by atoms with Crippen LogP contribution in [0.4, 0.5) is 0 Å². The standard InChI is InChI=1S/C37H35N3O6S/c1-5-44-26-19-17-25(18-20-26)34-32(36(43)46-7-3)33(24-13-9-8-10-14-24)38-37-40(34)35(42)30(47-37)21-28-23(4)39(22-31(41)45-6-2)29-16-12-11-15-27(28)29/h8-21,34H,5-7,22H2,1-4H3/b30-21-/t34-/m0/s1. The fraction of sp³-hybridized carbons (Fsp3) is 0.243. The van der Waals surface area contributed by atoms with Gasteiger partial charge in [-0.15, -0.1) is 0 Å². The molecule has 0 unspecified atom stereocenters. The van der Waals surface area contributed by atoms with E-state index in [-0.39, 0.29) is 30.3 Å². The van der Waals surface area contributed by atoms with E-state index in [1.165, 1.54) is 11.3 Å². The zero-order valence-corrected chi connectivity index (χ0v) is 27.5. The van der Waals surface area contributed by atoms with Gasteiger partial charge in [-0.3, -0.25) is 14.2 Å². The van der Waals surface area contributed by atoms with Crippen LogP contribution < -0.4 is 19.6 Å². The topological polar surface area (TPSA) is 101 Å². The van der Waals surface area contributed by atoms with Gasteiger partial charge in [-0.1, -0.05) is 72.0 Å². The van der Waals surface area contributed by atoms with Crippen LogP contribution in [0, 0.1) is 6.92 Å². The summed E-state index contributed by atoms with van der Waals surface area (Å²) in [6.07, 6.45) is 1.86. The van der Waals surface area contributed by atoms with Crippen molar-refractivity contribution in [2.45, 2.75) is 40.3 Å². The van der Waals surface area contributed by atoms with E-state index in [1.54, 1.807) is 18.4 Å². The molecular formula is C37H35N3O6S. The van der Waals surface area contributed by atoms with Crippen molar-refractivity contribution >= 4 is 46.0 Å². The number of hydrogen-bond donors (Lipinski definition) is 0. The quantitative estimate of drug-likeness (QED) is 0.194. The highest BCUT2D eigenvalue weighted by Crippen LogP contribution is 2.36. The maximum absolute atomic E-state index is 14.5. The number of thiazole rings is 1. The summed E-state index contributed by atoms with van der Waals surface area (Å²) in [5.41, 5.74) is 4.41. The fourth-order valence-corrected chi connectivity index (χ4v) is 6.96. The van der Waals surface area contributed by atoms with E-state index >= 15 is 0 Å². The third-order valence-corrected chi connectivity index (χ3v) is 9.01. The molecule has 47 heavy (non-hydrogen) atoms. The molecule has 0 saturated carbocycles. The molecule has 3 aromatic carbocycles. The van der Waals surface area contributed by atoms with Gasteiger partial charge in [0.1, 0.15) is 12.3 Å². The second-order valence-electron chi connectivity index (χ2n) is 10.8. The lowest BCUT2D eigenvalue weighted by Crippen LogP contribution is -2.40. The van der Waals surface area contributed by atoms with Gasteiger partial charge in [0.05, 0.1) is 41.7 Å². The van der Waals surface area contributed by atoms with Crippen molar-refractivity contribution in [3.05, 3.63) is 127 Å². The maximum atomic E-state index is 14.5. The minimum Gasteiger partial charge on any atom is -0.494 e. The highest BCUT2D eigenvalue weighted by atomic mass is 32.1. The number of esters is 2. The number of nitrogens with zero attached hydrogens (tertiary/aromatic N) is 3. The Morgan fingerprint density at radius 2 is 1.60 bits per heavy atom. The largest absolute Gasteiger partial charge is 0.494 e. The number of hydrogen-bond acceptors (Lipinski definition) is 8. The Bertz CT molecular complexity index is 2180. The van der Waals surface area contributed by atoms with E-state index in [1.807, 2.05) is 103 Å². The highest BCUT2D eigenvalue weighted by molar-refractivity contribution is 7.07. The van der Waals surface area contributed by atoms with Crippen molar-refractivity contribution in [1.29, 1.82) is 0 Å². The van der Waals surface area contributed by atoms with Crippen LogP contribution in [-0.4, -0.2) is 40.9 Å². The molecule has 0 amide bonds. The lowest BCUT2D eigenvalue weighted by Gasteiger charge is -2.26. The fourth-order valence-electron chi connectivity index (χ4n) is 5.98. The molecule has 9 nitrogen and oxygen atoms in total. The first-order valence-electron chi connectivity index (χ1n) is 15.6. The van der Waals surface area contributed by atoms with Crippen LogP contribution in [-0.2, 0) is 25.6 Å². The molecule has 0 spiro atoms. The van der Waals surface area contributed by atoms with Crippen LogP contribution >= 0.6 is 11.3 Å². The van der Waals surface area contributed by atoms with Crippen molar-refractivity contribution in [1.82, 2.24) is 9.13 Å². The molecule has 0 bridgehead atoms. The van der Waals surface area contributed by atoms with E-state index in [4.69, 9.17) is 19.2 Å². The van der Waals surface area contributed by atoms with E-state index in [0.717, 1.165) is 33.3 Å². The molecule has 0 aliphatic carbocycles. The first-order valence-corrected chi connectivity index (χ1v) is 16.4. The van der Waals surface area contributed by atoms with E-state index < -0.39 is 12.0 Å². The number of rotatable bonds is 10. The average molecular weight is 650 g/mol. The van der Waals surface area contributed by atoms with Crippen molar-refractivity contribution < 1.29 is 23.8 Å². The SMILES string of the molecule is CCOC(=O)Cn1c(C)c(/C=c2\sc3n(c2=O)[C@@H](c2ccc(OCC)cc2)C(C(=O)OCC)=C(c2ccccc2)N=3)c2ccccc21. The smallest absolute Gasteiger partial charge is 0.338 e. The Balaban J connectivity index is 1.61. The molecule has 0 radical (unpaired) electrons. The summed E-state index contributed by atoms with van der Waals surface area (Å²) in [6.45, 7) is 8.39. The Hall–Kier alpha value is -5.22. The molecule has 2 aromatic heterocycles. The van der Waals surface area contributed by atoms with E-state index in [0.29, 0.717) is 34.0 Å². The summed E-state index contributed by atoms with van der Waals surface area (Å²) in [5.74, 6) is -0.193. The maximum Gasteiger partial charge on any atom is 0.338 e. The van der Waals surface area contributed by atoms with Crippen molar-refractivity contribution in [3.63, 3.8) is 0 Å². The van der Waals surface area contributed by atoms with Gasteiger partial charge < -0.3 is 18.8 Å². The third kappa shape index (κ3) is 6.04. The predicted molar refractivity (Wildman–Crippen MR) is 182 cm³/mol. The van der Waals surface area contributed by atoms with Gasteiger partial charge in [0.15, 0.2) is 4.80 Å². The minimum atomic E-state index is -0.801. The molecule has 1 aliphatic heterocycles. The number of para-hydroxylation sites is 1. The summed E-state index contributed by atoms with van der Waals surface area (Å²) >= 11 is 1.26. The van der Waals surface area contributed by atoms with Crippen LogP contribution in [0.2, 0.25) is 0 Å². The van der Waals surface area contributed by atoms with Crippen LogP contribution in [0.3, 0.4) is 0 Å². The number of aromatic nitrogens is 2. The zero-order chi connectivity index (χ0) is 33.1. The Labute approximate surface area is 275 Å². The Morgan fingerprint density at radius 3 is 2.30 bits per heavy atom. The lowest BCUT2D eigenvalue weighted by atomic mass is 9.93. The summed E-state index contributed by atoms with van der Waals surface area (Å²) in [6, 6.07) is 23.8. The summed E-state index contributed by atoms with van der Waals surface area (Å²) in [7, 11) is 0. The van der Waals surface area contributed by atoms with Crippen molar-refractivity contribution in [2.75, 3.05) is 19.8 Å². The highest BCUT2D eigenvalue weighted by Gasteiger charge is 2.35. The van der Waals surface area contributed by atoms with Crippen LogP contribution in [0.1, 0.15) is 49.2 Å². The molecular weight excluding hydrogens is 614 g/mol. The molecule has 3 heterocycles. The molecule has 10 heteroatoms. The summed E-state index contributed by atoms with van der Waals surface area (Å²) in [4.78, 5) is 46.1. The van der Waals surface area contributed by atoms with Gasteiger partial charge >= 0.3 is 11.9 Å².